The maximum atomic E-state index is 9.24. The van der Waals surface area contributed by atoms with Crippen LogP contribution < -0.4 is 10.6 Å². The van der Waals surface area contributed by atoms with Crippen molar-refractivity contribution < 1.29 is 5.11 Å². The molecule has 0 bridgehead atoms. The number of anilines is 2. The van der Waals surface area contributed by atoms with Gasteiger partial charge in [-0.2, -0.15) is 0 Å². The highest BCUT2D eigenvalue weighted by Gasteiger charge is 2.07. The molecule has 1 atom stereocenters. The maximum Gasteiger partial charge on any atom is 0.135 e. The Bertz CT molecular complexity index is 393. The van der Waals surface area contributed by atoms with Crippen LogP contribution in [0.1, 0.15) is 58.7 Å². The second-order valence-corrected chi connectivity index (χ2v) is 5.50. The van der Waals surface area contributed by atoms with Crippen LogP contribution in [0.15, 0.2) is 6.07 Å². The van der Waals surface area contributed by atoms with Gasteiger partial charge >= 0.3 is 0 Å². The Kier molecular flexibility index (Phi) is 7.30. The first-order valence-corrected chi connectivity index (χ1v) is 7.57. The van der Waals surface area contributed by atoms with Crippen LogP contribution in [-0.4, -0.2) is 34.3 Å². The molecule has 1 aromatic heterocycles. The SMILES string of the molecule is CCCNc1cc(NCCCC(C)O)nc(C(C)C)n1. The number of aliphatic hydroxyl groups excluding tert-OH is 1. The van der Waals surface area contributed by atoms with Crippen LogP contribution in [0.25, 0.3) is 0 Å². The Morgan fingerprint density at radius 3 is 2.20 bits per heavy atom. The Labute approximate surface area is 122 Å². The third-order valence-electron chi connectivity index (χ3n) is 2.92. The van der Waals surface area contributed by atoms with Gasteiger partial charge in [0.05, 0.1) is 6.10 Å². The molecule has 0 radical (unpaired) electrons. The summed E-state index contributed by atoms with van der Waals surface area (Å²) in [5.74, 6) is 2.89. The lowest BCUT2D eigenvalue weighted by molar-refractivity contribution is 0.183. The number of hydrogen-bond donors (Lipinski definition) is 3. The van der Waals surface area contributed by atoms with Gasteiger partial charge in [-0.3, -0.25) is 0 Å². The summed E-state index contributed by atoms with van der Waals surface area (Å²) >= 11 is 0. The van der Waals surface area contributed by atoms with Crippen molar-refractivity contribution in [1.29, 1.82) is 0 Å². The number of rotatable bonds is 9. The molecule has 0 saturated heterocycles. The number of aromatic nitrogens is 2. The van der Waals surface area contributed by atoms with Gasteiger partial charge in [-0.25, -0.2) is 9.97 Å². The standard InChI is InChI=1S/C15H28N4O/c1-5-8-16-13-10-14(17-9-6-7-12(4)20)19-15(18-13)11(2)3/h10-12,20H,5-9H2,1-4H3,(H2,16,17,18,19). The van der Waals surface area contributed by atoms with Crippen molar-refractivity contribution in [1.82, 2.24) is 9.97 Å². The van der Waals surface area contributed by atoms with Gasteiger partial charge in [-0.1, -0.05) is 20.8 Å². The Morgan fingerprint density at radius 2 is 1.70 bits per heavy atom. The Morgan fingerprint density at radius 1 is 1.10 bits per heavy atom. The number of aliphatic hydroxyl groups is 1. The average Bonchev–Trinajstić information content (AvgIpc) is 2.41. The fourth-order valence-corrected chi connectivity index (χ4v) is 1.77. The quantitative estimate of drug-likeness (QED) is 0.607. The molecule has 0 aliphatic rings. The summed E-state index contributed by atoms with van der Waals surface area (Å²) < 4.78 is 0. The molecule has 0 amide bonds. The van der Waals surface area contributed by atoms with Crippen molar-refractivity contribution in [3.8, 4) is 0 Å². The van der Waals surface area contributed by atoms with Gasteiger partial charge in [0.1, 0.15) is 17.5 Å². The maximum absolute atomic E-state index is 9.24. The second-order valence-electron chi connectivity index (χ2n) is 5.50. The average molecular weight is 280 g/mol. The smallest absolute Gasteiger partial charge is 0.135 e. The molecule has 5 heteroatoms. The molecule has 20 heavy (non-hydrogen) atoms. The van der Waals surface area contributed by atoms with E-state index in [1.807, 2.05) is 13.0 Å². The predicted octanol–water partition coefficient (Wildman–Crippen LogP) is 2.99. The van der Waals surface area contributed by atoms with E-state index in [1.54, 1.807) is 0 Å². The lowest BCUT2D eigenvalue weighted by Crippen LogP contribution is -2.11. The van der Waals surface area contributed by atoms with Crippen molar-refractivity contribution in [2.45, 2.75) is 59.0 Å². The predicted molar refractivity (Wildman–Crippen MR) is 84.3 cm³/mol. The highest BCUT2D eigenvalue weighted by atomic mass is 16.3. The fraction of sp³-hybridized carbons (Fsp3) is 0.733. The molecule has 1 unspecified atom stereocenters. The minimum Gasteiger partial charge on any atom is -0.393 e. The van der Waals surface area contributed by atoms with E-state index in [1.165, 1.54) is 0 Å². The molecule has 114 valence electrons. The molecule has 1 heterocycles. The van der Waals surface area contributed by atoms with Crippen LogP contribution in [0.2, 0.25) is 0 Å². The summed E-state index contributed by atoms with van der Waals surface area (Å²) in [5, 5.41) is 15.9. The lowest BCUT2D eigenvalue weighted by Gasteiger charge is -2.13. The first-order valence-electron chi connectivity index (χ1n) is 7.57. The third kappa shape index (κ3) is 6.19. The van der Waals surface area contributed by atoms with E-state index in [4.69, 9.17) is 0 Å². The summed E-state index contributed by atoms with van der Waals surface area (Å²) in [6, 6.07) is 1.95. The molecular weight excluding hydrogens is 252 g/mol. The van der Waals surface area contributed by atoms with Crippen LogP contribution in [0.4, 0.5) is 11.6 Å². The molecule has 5 nitrogen and oxygen atoms in total. The molecule has 1 aromatic rings. The zero-order valence-electron chi connectivity index (χ0n) is 13.1. The van der Waals surface area contributed by atoms with E-state index in [-0.39, 0.29) is 6.10 Å². The van der Waals surface area contributed by atoms with Crippen LogP contribution >= 0.6 is 0 Å². The highest BCUT2D eigenvalue weighted by Crippen LogP contribution is 2.17. The van der Waals surface area contributed by atoms with Gasteiger partial charge in [0.2, 0.25) is 0 Å². The second kappa shape index (κ2) is 8.74. The van der Waals surface area contributed by atoms with Crippen LogP contribution in [0.3, 0.4) is 0 Å². The molecule has 1 rings (SSSR count). The summed E-state index contributed by atoms with van der Waals surface area (Å²) in [6.07, 6.45) is 2.56. The first kappa shape index (κ1) is 16.7. The van der Waals surface area contributed by atoms with Crippen molar-refractivity contribution in [3.05, 3.63) is 11.9 Å². The summed E-state index contributed by atoms with van der Waals surface area (Å²) in [6.45, 7) is 9.86. The van der Waals surface area contributed by atoms with Crippen LogP contribution in [-0.2, 0) is 0 Å². The van der Waals surface area contributed by atoms with Crippen LogP contribution in [0, 0.1) is 0 Å². The van der Waals surface area contributed by atoms with Gasteiger partial charge in [0.25, 0.3) is 0 Å². The lowest BCUT2D eigenvalue weighted by atomic mass is 10.2. The number of nitrogens with zero attached hydrogens (tertiary/aromatic N) is 2. The minimum absolute atomic E-state index is 0.241. The molecule has 0 aliphatic heterocycles. The fourth-order valence-electron chi connectivity index (χ4n) is 1.77. The molecule has 3 N–H and O–H groups in total. The summed E-state index contributed by atoms with van der Waals surface area (Å²) in [4.78, 5) is 9.06. The van der Waals surface area contributed by atoms with Crippen molar-refractivity contribution in [2.75, 3.05) is 23.7 Å². The molecular formula is C15H28N4O. The number of nitrogens with one attached hydrogen (secondary N) is 2. The van der Waals surface area contributed by atoms with Gasteiger partial charge in [0.15, 0.2) is 0 Å². The topological polar surface area (TPSA) is 70.1 Å². The minimum atomic E-state index is -0.241. The highest BCUT2D eigenvalue weighted by molar-refractivity contribution is 5.47. The normalized spacial score (nSPS) is 12.5. The van der Waals surface area contributed by atoms with E-state index < -0.39 is 0 Å². The Balaban J connectivity index is 2.65. The zero-order valence-corrected chi connectivity index (χ0v) is 13.1. The summed E-state index contributed by atoms with van der Waals surface area (Å²) in [5.41, 5.74) is 0. The monoisotopic (exact) mass is 280 g/mol. The third-order valence-corrected chi connectivity index (χ3v) is 2.92. The largest absolute Gasteiger partial charge is 0.393 e. The van der Waals surface area contributed by atoms with E-state index in [9.17, 15) is 5.11 Å². The van der Waals surface area contributed by atoms with Gasteiger partial charge in [-0.05, 0) is 26.2 Å². The number of hydrogen-bond acceptors (Lipinski definition) is 5. The molecule has 0 saturated carbocycles. The zero-order chi connectivity index (χ0) is 15.0. The van der Waals surface area contributed by atoms with Crippen molar-refractivity contribution in [2.24, 2.45) is 0 Å². The molecule has 0 fully saturated rings. The molecule has 0 aliphatic carbocycles. The Hall–Kier alpha value is -1.36. The van der Waals surface area contributed by atoms with E-state index >= 15 is 0 Å². The van der Waals surface area contributed by atoms with Crippen molar-refractivity contribution >= 4 is 11.6 Å². The van der Waals surface area contributed by atoms with Crippen molar-refractivity contribution in [3.63, 3.8) is 0 Å². The van der Waals surface area contributed by atoms with Gasteiger partial charge in [0, 0.05) is 25.1 Å². The molecule has 0 spiro atoms. The van der Waals surface area contributed by atoms with Gasteiger partial charge < -0.3 is 15.7 Å². The summed E-state index contributed by atoms with van der Waals surface area (Å²) in [7, 11) is 0. The first-order chi connectivity index (χ1) is 9.52. The van der Waals surface area contributed by atoms with E-state index in [0.717, 1.165) is 49.8 Å². The molecule has 0 aromatic carbocycles. The van der Waals surface area contributed by atoms with E-state index in [0.29, 0.717) is 5.92 Å². The van der Waals surface area contributed by atoms with Crippen LogP contribution in [0.5, 0.6) is 0 Å². The van der Waals surface area contributed by atoms with E-state index in [2.05, 4.69) is 41.4 Å². The van der Waals surface area contributed by atoms with Gasteiger partial charge in [-0.15, -0.1) is 0 Å².